The summed E-state index contributed by atoms with van der Waals surface area (Å²) in [5.41, 5.74) is 5.49. The van der Waals surface area contributed by atoms with Gasteiger partial charge in [-0.05, 0) is 87.8 Å². The number of hydrogen-bond acceptors (Lipinski definition) is 6. The molecule has 196 valence electrons. The average molecular weight is 540 g/mol. The maximum atomic E-state index is 13.6. The van der Waals surface area contributed by atoms with Gasteiger partial charge >= 0.3 is 0 Å². The number of thioether (sulfide) groups is 1. The van der Waals surface area contributed by atoms with E-state index in [1.165, 1.54) is 9.87 Å². The lowest BCUT2D eigenvalue weighted by atomic mass is 9.97. The maximum absolute atomic E-state index is 13.6. The summed E-state index contributed by atoms with van der Waals surface area (Å²) < 4.78 is 34.1. The predicted molar refractivity (Wildman–Crippen MR) is 149 cm³/mol. The van der Waals surface area contributed by atoms with Crippen molar-refractivity contribution in [2.75, 3.05) is 24.7 Å². The van der Waals surface area contributed by atoms with E-state index in [2.05, 4.69) is 22.6 Å². The third-order valence-electron chi connectivity index (χ3n) is 6.73. The molecule has 0 radical (unpaired) electrons. The first kappa shape index (κ1) is 27.2. The normalized spacial score (nSPS) is 15.4. The van der Waals surface area contributed by atoms with Gasteiger partial charge in [-0.1, -0.05) is 35.0 Å². The van der Waals surface area contributed by atoms with E-state index in [1.54, 1.807) is 24.8 Å². The average Bonchev–Trinajstić information content (AvgIpc) is 3.24. The summed E-state index contributed by atoms with van der Waals surface area (Å²) >= 11 is 1.61. The van der Waals surface area contributed by atoms with Gasteiger partial charge in [0.2, 0.25) is 15.9 Å². The van der Waals surface area contributed by atoms with Crippen molar-refractivity contribution in [3.8, 4) is 0 Å². The summed E-state index contributed by atoms with van der Waals surface area (Å²) in [4.78, 5) is 14.0. The van der Waals surface area contributed by atoms with E-state index >= 15 is 0 Å². The number of nitrogens with zero attached hydrogens (tertiary/aromatic N) is 2. The first-order valence-electron chi connectivity index (χ1n) is 12.3. The van der Waals surface area contributed by atoms with Crippen LogP contribution in [0.4, 0.5) is 5.69 Å². The van der Waals surface area contributed by atoms with Crippen molar-refractivity contribution in [3.63, 3.8) is 0 Å². The lowest BCUT2D eigenvalue weighted by molar-refractivity contribution is -0.120. The quantitative estimate of drug-likeness (QED) is 0.379. The van der Waals surface area contributed by atoms with Crippen LogP contribution in [0.5, 0.6) is 0 Å². The standard InChI is InChI=1S/C28H33N3O4S2/c1-18-15-19(2)25(20(3)16-18)9-10-26-27(21(4)30-35-26)37(33,34)31-13-11-22(12-14-31)28(32)29-23-7-6-8-24(17-23)36-5/h6-10,15-17,22H,11-14H2,1-5H3,(H,29,32)/b10-9+. The molecule has 0 unspecified atom stereocenters. The summed E-state index contributed by atoms with van der Waals surface area (Å²) in [7, 11) is -3.84. The van der Waals surface area contributed by atoms with Crippen LogP contribution in [-0.4, -0.2) is 43.1 Å². The van der Waals surface area contributed by atoms with Gasteiger partial charge in [0.15, 0.2) is 10.7 Å². The first-order chi connectivity index (χ1) is 17.6. The highest BCUT2D eigenvalue weighted by Gasteiger charge is 2.36. The number of aromatic nitrogens is 1. The highest BCUT2D eigenvalue weighted by Crippen LogP contribution is 2.30. The van der Waals surface area contributed by atoms with Crippen LogP contribution in [0.15, 0.2) is 50.7 Å². The Morgan fingerprint density at radius 3 is 2.41 bits per heavy atom. The molecule has 0 saturated carbocycles. The minimum absolute atomic E-state index is 0.0797. The number of carbonyl (C=O) groups is 1. The van der Waals surface area contributed by atoms with Crippen molar-refractivity contribution < 1.29 is 17.7 Å². The molecule has 37 heavy (non-hydrogen) atoms. The highest BCUT2D eigenvalue weighted by molar-refractivity contribution is 7.98. The second kappa shape index (κ2) is 11.2. The van der Waals surface area contributed by atoms with Crippen LogP contribution >= 0.6 is 11.8 Å². The van der Waals surface area contributed by atoms with E-state index in [0.29, 0.717) is 18.5 Å². The minimum Gasteiger partial charge on any atom is -0.355 e. The molecule has 3 aromatic rings. The van der Waals surface area contributed by atoms with Crippen LogP contribution in [0.25, 0.3) is 12.2 Å². The molecule has 1 N–H and O–H groups in total. The minimum atomic E-state index is -3.84. The van der Waals surface area contributed by atoms with Gasteiger partial charge in [0.1, 0.15) is 5.69 Å². The molecule has 1 fully saturated rings. The second-order valence-electron chi connectivity index (χ2n) is 9.51. The van der Waals surface area contributed by atoms with Crippen molar-refractivity contribution in [1.82, 2.24) is 9.46 Å². The van der Waals surface area contributed by atoms with E-state index in [4.69, 9.17) is 4.52 Å². The van der Waals surface area contributed by atoms with Gasteiger partial charge < -0.3 is 9.84 Å². The molecule has 0 spiro atoms. The van der Waals surface area contributed by atoms with Crippen LogP contribution in [0.2, 0.25) is 0 Å². The Labute approximate surface area is 223 Å². The van der Waals surface area contributed by atoms with Gasteiger partial charge in [-0.2, -0.15) is 4.31 Å². The number of hydrogen-bond donors (Lipinski definition) is 1. The fourth-order valence-electron chi connectivity index (χ4n) is 4.84. The molecule has 1 aliphatic rings. The molecular formula is C28H33N3O4S2. The Morgan fingerprint density at radius 1 is 1.08 bits per heavy atom. The van der Waals surface area contributed by atoms with Crippen molar-refractivity contribution >= 4 is 45.5 Å². The molecule has 1 saturated heterocycles. The van der Waals surface area contributed by atoms with Crippen molar-refractivity contribution in [2.45, 2.75) is 50.3 Å². The molecule has 0 bridgehead atoms. The van der Waals surface area contributed by atoms with Gasteiger partial charge in [0.25, 0.3) is 0 Å². The first-order valence-corrected chi connectivity index (χ1v) is 14.9. The molecule has 2 aromatic carbocycles. The Kier molecular flexibility index (Phi) is 8.26. The molecule has 1 amide bonds. The third kappa shape index (κ3) is 6.00. The Hall–Kier alpha value is -2.88. The Balaban J connectivity index is 1.47. The Morgan fingerprint density at radius 2 is 1.76 bits per heavy atom. The van der Waals surface area contributed by atoms with E-state index < -0.39 is 10.0 Å². The number of aryl methyl sites for hydroxylation is 4. The number of piperidine rings is 1. The molecule has 0 atom stereocenters. The zero-order chi connectivity index (χ0) is 26.7. The molecule has 1 aromatic heterocycles. The van der Waals surface area contributed by atoms with E-state index in [-0.39, 0.29) is 35.6 Å². The summed E-state index contributed by atoms with van der Waals surface area (Å²) in [6.45, 7) is 8.27. The SMILES string of the molecule is CSc1cccc(NC(=O)C2CCN(S(=O)(=O)c3c(C)noc3/C=C/c3c(C)cc(C)cc3C)CC2)c1. The smallest absolute Gasteiger partial charge is 0.248 e. The van der Waals surface area contributed by atoms with Crippen molar-refractivity contribution in [3.05, 3.63) is 70.1 Å². The van der Waals surface area contributed by atoms with Gasteiger partial charge in [-0.15, -0.1) is 11.8 Å². The lowest BCUT2D eigenvalue weighted by Crippen LogP contribution is -2.41. The van der Waals surface area contributed by atoms with Crippen molar-refractivity contribution in [2.24, 2.45) is 5.92 Å². The Bertz CT molecular complexity index is 1410. The molecule has 1 aliphatic heterocycles. The van der Waals surface area contributed by atoms with Gasteiger partial charge in [0, 0.05) is 29.6 Å². The molecule has 2 heterocycles. The zero-order valence-corrected chi connectivity index (χ0v) is 23.5. The second-order valence-corrected chi connectivity index (χ2v) is 12.3. The molecular weight excluding hydrogens is 506 g/mol. The van der Waals surface area contributed by atoms with E-state index in [0.717, 1.165) is 27.3 Å². The molecule has 4 rings (SSSR count). The number of anilines is 1. The monoisotopic (exact) mass is 539 g/mol. The highest BCUT2D eigenvalue weighted by atomic mass is 32.2. The third-order valence-corrected chi connectivity index (χ3v) is 9.52. The van der Waals surface area contributed by atoms with Crippen LogP contribution in [0.1, 0.15) is 46.5 Å². The summed E-state index contributed by atoms with van der Waals surface area (Å²) in [5.74, 6) is -0.117. The number of carbonyl (C=O) groups excluding carboxylic acids is 1. The summed E-state index contributed by atoms with van der Waals surface area (Å²) in [6.07, 6.45) is 6.45. The van der Waals surface area contributed by atoms with Gasteiger partial charge in [-0.25, -0.2) is 8.42 Å². The zero-order valence-electron chi connectivity index (χ0n) is 21.9. The number of nitrogens with one attached hydrogen (secondary N) is 1. The number of rotatable bonds is 7. The maximum Gasteiger partial charge on any atom is 0.248 e. The number of sulfonamides is 1. The van der Waals surface area contributed by atoms with Crippen LogP contribution < -0.4 is 5.32 Å². The summed E-state index contributed by atoms with van der Waals surface area (Å²) in [6, 6.07) is 11.9. The van der Waals surface area contributed by atoms with Crippen molar-refractivity contribution in [1.29, 1.82) is 0 Å². The summed E-state index contributed by atoms with van der Waals surface area (Å²) in [5, 5.41) is 6.93. The number of benzene rings is 2. The molecule has 7 nitrogen and oxygen atoms in total. The lowest BCUT2D eigenvalue weighted by Gasteiger charge is -2.30. The fraction of sp³-hybridized carbons (Fsp3) is 0.357. The molecule has 0 aliphatic carbocycles. The van der Waals surface area contributed by atoms with Crippen LogP contribution in [0, 0.1) is 33.6 Å². The van der Waals surface area contributed by atoms with E-state index in [9.17, 15) is 13.2 Å². The number of amides is 1. The molecule has 9 heteroatoms. The van der Waals surface area contributed by atoms with Crippen LogP contribution in [-0.2, 0) is 14.8 Å². The fourth-order valence-corrected chi connectivity index (χ4v) is 7.02. The predicted octanol–water partition coefficient (Wildman–Crippen LogP) is 5.84. The van der Waals surface area contributed by atoms with Gasteiger partial charge in [-0.3, -0.25) is 4.79 Å². The van der Waals surface area contributed by atoms with Gasteiger partial charge in [0.05, 0.1) is 0 Å². The van der Waals surface area contributed by atoms with Crippen LogP contribution in [0.3, 0.4) is 0 Å². The topological polar surface area (TPSA) is 92.5 Å². The largest absolute Gasteiger partial charge is 0.355 e. The van der Waals surface area contributed by atoms with E-state index in [1.807, 2.05) is 57.4 Å².